The first-order valence-corrected chi connectivity index (χ1v) is 6.45. The standard InChI is InChI=1S/C16H16N4O/c1-10-4-3-5-14(12(10)9-17)20-15-7-6-11(8-13(15)18)16(21)19-2/h3-8,20H,18H2,1-2H3,(H,19,21). The molecule has 2 rings (SSSR count). The molecule has 2 aromatic rings. The highest BCUT2D eigenvalue weighted by atomic mass is 16.1. The van der Waals surface area contributed by atoms with Crippen molar-refractivity contribution in [3.05, 3.63) is 53.1 Å². The predicted octanol–water partition coefficient (Wildman–Crippen LogP) is 2.55. The van der Waals surface area contributed by atoms with E-state index in [1.54, 1.807) is 25.2 Å². The molecule has 0 spiro atoms. The number of amides is 1. The van der Waals surface area contributed by atoms with Crippen LogP contribution in [-0.2, 0) is 0 Å². The topological polar surface area (TPSA) is 90.9 Å². The van der Waals surface area contributed by atoms with Gasteiger partial charge < -0.3 is 16.4 Å². The Morgan fingerprint density at radius 1 is 1.24 bits per heavy atom. The molecule has 5 nitrogen and oxygen atoms in total. The first-order valence-electron chi connectivity index (χ1n) is 6.45. The Kier molecular flexibility index (Phi) is 4.10. The number of nitriles is 1. The van der Waals surface area contributed by atoms with Crippen molar-refractivity contribution in [1.29, 1.82) is 5.26 Å². The molecule has 0 heterocycles. The number of carbonyl (C=O) groups excluding carboxylic acids is 1. The van der Waals surface area contributed by atoms with Gasteiger partial charge in [0.2, 0.25) is 0 Å². The van der Waals surface area contributed by atoms with Crippen LogP contribution in [0.15, 0.2) is 36.4 Å². The Bertz CT molecular complexity index is 732. The number of nitrogens with zero attached hydrogens (tertiary/aromatic N) is 1. The zero-order valence-electron chi connectivity index (χ0n) is 11.9. The zero-order valence-corrected chi connectivity index (χ0v) is 11.9. The summed E-state index contributed by atoms with van der Waals surface area (Å²) in [6, 6.07) is 12.7. The molecule has 0 aromatic heterocycles. The van der Waals surface area contributed by atoms with Crippen molar-refractivity contribution in [2.75, 3.05) is 18.1 Å². The maximum Gasteiger partial charge on any atom is 0.251 e. The molecule has 0 bridgehead atoms. The lowest BCUT2D eigenvalue weighted by Gasteiger charge is -2.13. The normalized spacial score (nSPS) is 9.76. The van der Waals surface area contributed by atoms with Crippen molar-refractivity contribution in [2.24, 2.45) is 0 Å². The Morgan fingerprint density at radius 2 is 2.00 bits per heavy atom. The fourth-order valence-corrected chi connectivity index (χ4v) is 2.03. The minimum Gasteiger partial charge on any atom is -0.397 e. The number of nitrogens with two attached hydrogens (primary N) is 1. The van der Waals surface area contributed by atoms with E-state index in [9.17, 15) is 10.1 Å². The van der Waals surface area contributed by atoms with E-state index >= 15 is 0 Å². The van der Waals surface area contributed by atoms with Crippen LogP contribution in [0.3, 0.4) is 0 Å². The molecule has 0 unspecified atom stereocenters. The van der Waals surface area contributed by atoms with Crippen LogP contribution in [0.1, 0.15) is 21.5 Å². The second-order valence-electron chi connectivity index (χ2n) is 4.62. The van der Waals surface area contributed by atoms with Crippen LogP contribution in [0.25, 0.3) is 0 Å². The highest BCUT2D eigenvalue weighted by Crippen LogP contribution is 2.27. The summed E-state index contributed by atoms with van der Waals surface area (Å²) >= 11 is 0. The largest absolute Gasteiger partial charge is 0.397 e. The molecule has 0 saturated heterocycles. The Morgan fingerprint density at radius 3 is 2.62 bits per heavy atom. The van der Waals surface area contributed by atoms with E-state index < -0.39 is 0 Å². The maximum absolute atomic E-state index is 11.6. The van der Waals surface area contributed by atoms with Crippen molar-refractivity contribution < 1.29 is 4.79 Å². The fourth-order valence-electron chi connectivity index (χ4n) is 2.03. The molecule has 0 aliphatic rings. The molecule has 21 heavy (non-hydrogen) atoms. The molecule has 0 radical (unpaired) electrons. The second kappa shape index (κ2) is 5.97. The van der Waals surface area contributed by atoms with Gasteiger partial charge in [-0.05, 0) is 36.8 Å². The predicted molar refractivity (Wildman–Crippen MR) is 83.4 cm³/mol. The molecule has 0 aliphatic carbocycles. The highest BCUT2D eigenvalue weighted by Gasteiger charge is 2.09. The van der Waals surface area contributed by atoms with E-state index in [1.165, 1.54) is 0 Å². The third-order valence-electron chi connectivity index (χ3n) is 3.19. The summed E-state index contributed by atoms with van der Waals surface area (Å²) in [6.07, 6.45) is 0. The Hall–Kier alpha value is -3.00. The smallest absolute Gasteiger partial charge is 0.251 e. The highest BCUT2D eigenvalue weighted by molar-refractivity contribution is 5.96. The van der Waals surface area contributed by atoms with E-state index in [2.05, 4.69) is 16.7 Å². The lowest BCUT2D eigenvalue weighted by atomic mass is 10.1. The number of benzene rings is 2. The average molecular weight is 280 g/mol. The number of hydrogen-bond donors (Lipinski definition) is 3. The molecule has 4 N–H and O–H groups in total. The van der Waals surface area contributed by atoms with Gasteiger partial charge in [-0.2, -0.15) is 5.26 Å². The number of hydrogen-bond acceptors (Lipinski definition) is 4. The summed E-state index contributed by atoms with van der Waals surface area (Å²) in [5.74, 6) is -0.193. The maximum atomic E-state index is 11.6. The third kappa shape index (κ3) is 2.95. The number of rotatable bonds is 3. The molecule has 0 fully saturated rings. The number of aryl methyl sites for hydroxylation is 1. The Balaban J connectivity index is 2.35. The zero-order chi connectivity index (χ0) is 15.4. The van der Waals surface area contributed by atoms with Crippen molar-refractivity contribution >= 4 is 23.0 Å². The number of nitrogens with one attached hydrogen (secondary N) is 2. The van der Waals surface area contributed by atoms with Crippen LogP contribution in [0.5, 0.6) is 0 Å². The van der Waals surface area contributed by atoms with E-state index in [-0.39, 0.29) is 5.91 Å². The van der Waals surface area contributed by atoms with Gasteiger partial charge in [0.05, 0.1) is 22.6 Å². The molecule has 1 amide bonds. The summed E-state index contributed by atoms with van der Waals surface area (Å²) in [5.41, 5.74) is 9.72. The van der Waals surface area contributed by atoms with Crippen LogP contribution in [0, 0.1) is 18.3 Å². The quantitative estimate of drug-likeness (QED) is 0.753. The van der Waals surface area contributed by atoms with Crippen molar-refractivity contribution in [2.45, 2.75) is 6.92 Å². The molecule has 0 aliphatic heterocycles. The Labute approximate surface area is 123 Å². The van der Waals surface area contributed by atoms with E-state index in [4.69, 9.17) is 5.73 Å². The van der Waals surface area contributed by atoms with Gasteiger partial charge in [-0.25, -0.2) is 0 Å². The monoisotopic (exact) mass is 280 g/mol. The van der Waals surface area contributed by atoms with Crippen molar-refractivity contribution in [3.8, 4) is 6.07 Å². The minimum atomic E-state index is -0.193. The second-order valence-corrected chi connectivity index (χ2v) is 4.62. The SMILES string of the molecule is CNC(=O)c1ccc(Nc2cccc(C)c2C#N)c(N)c1. The van der Waals surface area contributed by atoms with E-state index in [0.29, 0.717) is 28.2 Å². The number of anilines is 3. The molecular formula is C16H16N4O. The molecule has 2 aromatic carbocycles. The third-order valence-corrected chi connectivity index (χ3v) is 3.19. The number of carbonyl (C=O) groups is 1. The van der Waals surface area contributed by atoms with Gasteiger partial charge in [0, 0.05) is 12.6 Å². The molecule has 5 heteroatoms. The van der Waals surface area contributed by atoms with Crippen LogP contribution in [0.4, 0.5) is 17.1 Å². The lowest BCUT2D eigenvalue weighted by Crippen LogP contribution is -2.18. The molecule has 0 saturated carbocycles. The fraction of sp³-hybridized carbons (Fsp3) is 0.125. The first-order chi connectivity index (χ1) is 10.1. The van der Waals surface area contributed by atoms with Gasteiger partial charge in [0.1, 0.15) is 6.07 Å². The van der Waals surface area contributed by atoms with Crippen LogP contribution in [-0.4, -0.2) is 13.0 Å². The van der Waals surface area contributed by atoms with Crippen molar-refractivity contribution in [1.82, 2.24) is 5.32 Å². The molecular weight excluding hydrogens is 264 g/mol. The molecule has 106 valence electrons. The average Bonchev–Trinajstić information content (AvgIpc) is 2.48. The number of nitrogen functional groups attached to an aromatic ring is 1. The lowest BCUT2D eigenvalue weighted by molar-refractivity contribution is 0.0963. The van der Waals surface area contributed by atoms with Crippen molar-refractivity contribution in [3.63, 3.8) is 0 Å². The minimum absolute atomic E-state index is 0.193. The molecule has 0 atom stereocenters. The van der Waals surface area contributed by atoms with Gasteiger partial charge in [-0.15, -0.1) is 0 Å². The van der Waals surface area contributed by atoms with Crippen LogP contribution < -0.4 is 16.4 Å². The van der Waals surface area contributed by atoms with Gasteiger partial charge in [0.15, 0.2) is 0 Å². The summed E-state index contributed by atoms with van der Waals surface area (Å²) in [5, 5.41) is 14.9. The van der Waals surface area contributed by atoms with E-state index in [1.807, 2.05) is 25.1 Å². The van der Waals surface area contributed by atoms with Gasteiger partial charge in [0.25, 0.3) is 5.91 Å². The van der Waals surface area contributed by atoms with Gasteiger partial charge in [-0.1, -0.05) is 12.1 Å². The summed E-state index contributed by atoms with van der Waals surface area (Å²) < 4.78 is 0. The van der Waals surface area contributed by atoms with E-state index in [0.717, 1.165) is 5.56 Å². The van der Waals surface area contributed by atoms with Crippen LogP contribution >= 0.6 is 0 Å². The summed E-state index contributed by atoms with van der Waals surface area (Å²) in [6.45, 7) is 1.88. The summed E-state index contributed by atoms with van der Waals surface area (Å²) in [7, 11) is 1.57. The first kappa shape index (κ1) is 14.4. The van der Waals surface area contributed by atoms with Gasteiger partial charge in [-0.3, -0.25) is 4.79 Å². The van der Waals surface area contributed by atoms with Crippen LogP contribution in [0.2, 0.25) is 0 Å². The van der Waals surface area contributed by atoms with Gasteiger partial charge >= 0.3 is 0 Å². The summed E-state index contributed by atoms with van der Waals surface area (Å²) in [4.78, 5) is 11.6.